The van der Waals surface area contributed by atoms with Crippen molar-refractivity contribution in [3.05, 3.63) is 11.8 Å². The van der Waals surface area contributed by atoms with E-state index in [1.54, 1.807) is 0 Å². The molecule has 102 valence electrons. The number of rotatable bonds is 7. The Kier molecular flexibility index (Phi) is 5.30. The van der Waals surface area contributed by atoms with Gasteiger partial charge in [-0.25, -0.2) is 10.8 Å². The lowest BCUT2D eigenvalue weighted by atomic mass is 9.83. The van der Waals surface area contributed by atoms with Gasteiger partial charge < -0.3 is 10.4 Å². The van der Waals surface area contributed by atoms with Crippen molar-refractivity contribution in [2.24, 2.45) is 11.3 Å². The molecule has 1 heterocycles. The van der Waals surface area contributed by atoms with E-state index >= 15 is 0 Å². The first kappa shape index (κ1) is 14.7. The minimum Gasteiger partial charge on any atom is -0.396 e. The third-order valence-corrected chi connectivity index (χ3v) is 3.46. The van der Waals surface area contributed by atoms with Gasteiger partial charge in [0.1, 0.15) is 5.82 Å². The summed E-state index contributed by atoms with van der Waals surface area (Å²) in [7, 11) is 0. The third kappa shape index (κ3) is 3.54. The summed E-state index contributed by atoms with van der Waals surface area (Å²) in [5.41, 5.74) is 3.17. The zero-order valence-corrected chi connectivity index (χ0v) is 11.3. The van der Waals surface area contributed by atoms with Gasteiger partial charge in [-0.1, -0.05) is 13.8 Å². The Hall–Kier alpha value is -1.40. The fourth-order valence-electron chi connectivity index (χ4n) is 1.78. The molecule has 6 nitrogen and oxygen atoms in total. The minimum absolute atomic E-state index is 0.102. The van der Waals surface area contributed by atoms with E-state index in [1.807, 2.05) is 13.0 Å². The van der Waals surface area contributed by atoms with Crippen molar-refractivity contribution >= 4 is 11.8 Å². The Morgan fingerprint density at radius 1 is 1.33 bits per heavy atom. The zero-order chi connectivity index (χ0) is 13.6. The normalized spacial score (nSPS) is 11.4. The molecule has 0 aliphatic carbocycles. The molecule has 0 saturated carbocycles. The molecule has 0 radical (unpaired) electrons. The molecule has 0 bridgehead atoms. The van der Waals surface area contributed by atoms with Crippen LogP contribution in [0.25, 0.3) is 0 Å². The number of aliphatic hydroxyl groups is 1. The van der Waals surface area contributed by atoms with Gasteiger partial charge in [-0.05, 0) is 19.8 Å². The molecule has 1 rings (SSSR count). The molecule has 18 heavy (non-hydrogen) atoms. The zero-order valence-electron chi connectivity index (χ0n) is 11.3. The molecule has 6 heteroatoms. The van der Waals surface area contributed by atoms with Gasteiger partial charge >= 0.3 is 0 Å². The quantitative estimate of drug-likeness (QED) is 0.432. The largest absolute Gasteiger partial charge is 0.396 e. The van der Waals surface area contributed by atoms with E-state index in [0.29, 0.717) is 12.5 Å². The van der Waals surface area contributed by atoms with Crippen molar-refractivity contribution in [3.63, 3.8) is 0 Å². The number of anilines is 2. The van der Waals surface area contributed by atoms with E-state index in [2.05, 4.69) is 34.6 Å². The lowest BCUT2D eigenvalue weighted by Gasteiger charge is -2.29. The molecule has 1 aromatic heterocycles. The Morgan fingerprint density at radius 2 is 2.00 bits per heavy atom. The van der Waals surface area contributed by atoms with Crippen molar-refractivity contribution in [2.45, 2.75) is 33.6 Å². The molecule has 5 N–H and O–H groups in total. The van der Waals surface area contributed by atoms with Crippen LogP contribution in [0.4, 0.5) is 11.8 Å². The molecular formula is C12H23N5O. The summed E-state index contributed by atoms with van der Waals surface area (Å²) in [6.45, 7) is 6.89. The maximum atomic E-state index is 9.50. The van der Waals surface area contributed by atoms with Gasteiger partial charge in [0.2, 0.25) is 5.95 Å². The van der Waals surface area contributed by atoms with Crippen molar-refractivity contribution in [1.82, 2.24) is 9.97 Å². The highest BCUT2D eigenvalue weighted by Gasteiger charge is 2.25. The predicted octanol–water partition coefficient (Wildman–Crippen LogP) is 1.28. The number of hydrazine groups is 1. The van der Waals surface area contributed by atoms with Gasteiger partial charge in [-0.2, -0.15) is 4.98 Å². The topological polar surface area (TPSA) is 96.1 Å². The summed E-state index contributed by atoms with van der Waals surface area (Å²) in [4.78, 5) is 8.34. The smallest absolute Gasteiger partial charge is 0.239 e. The van der Waals surface area contributed by atoms with Crippen LogP contribution in [-0.2, 0) is 0 Å². The van der Waals surface area contributed by atoms with Crippen LogP contribution in [0.3, 0.4) is 0 Å². The Labute approximate surface area is 108 Å². The van der Waals surface area contributed by atoms with Crippen molar-refractivity contribution < 1.29 is 5.11 Å². The molecule has 1 aromatic rings. The number of aryl methyl sites for hydroxylation is 1. The van der Waals surface area contributed by atoms with Gasteiger partial charge in [0.05, 0.1) is 6.61 Å². The Morgan fingerprint density at radius 3 is 2.50 bits per heavy atom. The molecule has 0 spiro atoms. The number of aliphatic hydroxyl groups excluding tert-OH is 1. The highest BCUT2D eigenvalue weighted by molar-refractivity contribution is 5.41. The molecule has 0 atom stereocenters. The second-order valence-electron chi connectivity index (χ2n) is 4.58. The second-order valence-corrected chi connectivity index (χ2v) is 4.58. The number of nitrogens with zero attached hydrogens (tertiary/aromatic N) is 2. The maximum Gasteiger partial charge on any atom is 0.239 e. The average molecular weight is 253 g/mol. The summed E-state index contributed by atoms with van der Waals surface area (Å²) < 4.78 is 0. The van der Waals surface area contributed by atoms with E-state index in [9.17, 15) is 5.11 Å². The molecule has 0 aliphatic rings. The van der Waals surface area contributed by atoms with Crippen LogP contribution in [0.15, 0.2) is 6.07 Å². The fourth-order valence-corrected chi connectivity index (χ4v) is 1.78. The van der Waals surface area contributed by atoms with E-state index in [4.69, 9.17) is 5.84 Å². The first-order valence-electron chi connectivity index (χ1n) is 6.26. The lowest BCUT2D eigenvalue weighted by Crippen LogP contribution is -2.32. The molecule has 0 saturated heterocycles. The Balaban J connectivity index is 2.76. The summed E-state index contributed by atoms with van der Waals surface area (Å²) in [6, 6.07) is 1.86. The number of hydrogen-bond acceptors (Lipinski definition) is 6. The molecule has 0 aromatic carbocycles. The maximum absolute atomic E-state index is 9.50. The number of nitrogens with two attached hydrogens (primary N) is 1. The number of aromatic nitrogens is 2. The summed E-state index contributed by atoms with van der Waals surface area (Å²) in [5.74, 6) is 6.41. The first-order chi connectivity index (χ1) is 8.59. The van der Waals surface area contributed by atoms with E-state index in [1.165, 1.54) is 0 Å². The van der Waals surface area contributed by atoms with Gasteiger partial charge in [-0.15, -0.1) is 0 Å². The van der Waals surface area contributed by atoms with Crippen LogP contribution in [-0.4, -0.2) is 28.2 Å². The van der Waals surface area contributed by atoms with Crippen molar-refractivity contribution in [3.8, 4) is 0 Å². The van der Waals surface area contributed by atoms with Crippen LogP contribution < -0.4 is 16.6 Å². The van der Waals surface area contributed by atoms with E-state index < -0.39 is 0 Å². The van der Waals surface area contributed by atoms with Gasteiger partial charge in [0.15, 0.2) is 0 Å². The van der Waals surface area contributed by atoms with E-state index in [-0.39, 0.29) is 12.0 Å². The lowest BCUT2D eigenvalue weighted by molar-refractivity contribution is 0.127. The highest BCUT2D eigenvalue weighted by atomic mass is 16.3. The molecular weight excluding hydrogens is 230 g/mol. The van der Waals surface area contributed by atoms with Gasteiger partial charge in [0.25, 0.3) is 0 Å². The van der Waals surface area contributed by atoms with Crippen LogP contribution >= 0.6 is 0 Å². The highest BCUT2D eigenvalue weighted by Crippen LogP contribution is 2.26. The fraction of sp³-hybridized carbons (Fsp3) is 0.667. The predicted molar refractivity (Wildman–Crippen MR) is 73.2 cm³/mol. The molecule has 0 amide bonds. The van der Waals surface area contributed by atoms with Crippen LogP contribution in [0.1, 0.15) is 32.4 Å². The Bertz CT molecular complexity index is 370. The average Bonchev–Trinajstić information content (AvgIpc) is 2.40. The van der Waals surface area contributed by atoms with Crippen molar-refractivity contribution in [1.29, 1.82) is 0 Å². The first-order valence-corrected chi connectivity index (χ1v) is 6.26. The molecule has 0 fully saturated rings. The standard InChI is InChI=1S/C12H23N5O/c1-4-12(5-2,8-18)7-14-10-6-9(3)15-11(16-10)17-13/h6,18H,4-5,7-8,13H2,1-3H3,(H2,14,15,16,17). The van der Waals surface area contributed by atoms with Crippen LogP contribution in [0, 0.1) is 12.3 Å². The van der Waals surface area contributed by atoms with Crippen LogP contribution in [0.2, 0.25) is 0 Å². The van der Waals surface area contributed by atoms with Crippen molar-refractivity contribution in [2.75, 3.05) is 23.9 Å². The molecule has 0 aliphatic heterocycles. The summed E-state index contributed by atoms with van der Waals surface area (Å²) in [6.07, 6.45) is 1.83. The van der Waals surface area contributed by atoms with Crippen LogP contribution in [0.5, 0.6) is 0 Å². The second kappa shape index (κ2) is 6.51. The third-order valence-electron chi connectivity index (χ3n) is 3.46. The summed E-state index contributed by atoms with van der Waals surface area (Å²) in [5, 5.41) is 12.8. The monoisotopic (exact) mass is 253 g/mol. The van der Waals surface area contributed by atoms with Gasteiger partial charge in [-0.3, -0.25) is 5.43 Å². The summed E-state index contributed by atoms with van der Waals surface area (Å²) >= 11 is 0. The van der Waals surface area contributed by atoms with Gasteiger partial charge in [0, 0.05) is 23.7 Å². The number of nitrogens with one attached hydrogen (secondary N) is 2. The van der Waals surface area contributed by atoms with E-state index in [0.717, 1.165) is 24.4 Å². The minimum atomic E-state index is -0.102. The molecule has 0 unspecified atom stereocenters. The SMILES string of the molecule is CCC(CC)(CO)CNc1cc(C)nc(NN)n1. The number of hydrogen-bond donors (Lipinski definition) is 4. The number of nitrogen functional groups attached to an aromatic ring is 1.